The van der Waals surface area contributed by atoms with Crippen LogP contribution >= 0.6 is 0 Å². The molecule has 0 saturated carbocycles. The van der Waals surface area contributed by atoms with E-state index in [2.05, 4.69) is 11.7 Å². The highest BCUT2D eigenvalue weighted by molar-refractivity contribution is 5.65. The van der Waals surface area contributed by atoms with E-state index in [4.69, 9.17) is 5.21 Å². The van der Waals surface area contributed by atoms with Gasteiger partial charge in [0.05, 0.1) is 6.61 Å². The molecule has 0 unspecified atom stereocenters. The molecule has 0 bridgehead atoms. The van der Waals surface area contributed by atoms with Crippen LogP contribution in [-0.4, -0.2) is 17.9 Å². The third-order valence-corrected chi connectivity index (χ3v) is 2.32. The molecule has 0 aliphatic carbocycles. The molecule has 4 nitrogen and oxygen atoms in total. The first kappa shape index (κ1) is 14.2. The second-order valence-corrected chi connectivity index (χ2v) is 3.72. The summed E-state index contributed by atoms with van der Waals surface area (Å²) in [4.78, 5) is 10.4. The van der Waals surface area contributed by atoms with E-state index < -0.39 is 6.09 Å². The molecule has 15 heavy (non-hydrogen) atoms. The first-order valence-corrected chi connectivity index (χ1v) is 5.88. The molecule has 0 rings (SSSR count). The lowest BCUT2D eigenvalue weighted by Gasteiger charge is -2.03. The van der Waals surface area contributed by atoms with E-state index in [9.17, 15) is 4.79 Å². The molecule has 0 aromatic rings. The molecule has 0 spiro atoms. The number of carbonyl (C=O) groups excluding carboxylic acids is 1. The lowest BCUT2D eigenvalue weighted by Crippen LogP contribution is -2.20. The maximum absolute atomic E-state index is 10.4. The summed E-state index contributed by atoms with van der Waals surface area (Å²) < 4.78 is 4.64. The van der Waals surface area contributed by atoms with Crippen LogP contribution in [0.4, 0.5) is 4.79 Å². The molecule has 0 saturated heterocycles. The van der Waals surface area contributed by atoms with Crippen molar-refractivity contribution >= 4 is 6.09 Å². The van der Waals surface area contributed by atoms with Gasteiger partial charge in [-0.15, -0.1) is 0 Å². The van der Waals surface area contributed by atoms with Crippen molar-refractivity contribution in [1.29, 1.82) is 0 Å². The third kappa shape index (κ3) is 11.2. The molecular weight excluding hydrogens is 194 g/mol. The summed E-state index contributed by atoms with van der Waals surface area (Å²) in [5.41, 5.74) is 1.43. The van der Waals surface area contributed by atoms with Crippen LogP contribution in [0.1, 0.15) is 58.3 Å². The normalized spacial score (nSPS) is 10.0. The lowest BCUT2D eigenvalue weighted by atomic mass is 10.1. The van der Waals surface area contributed by atoms with Crippen molar-refractivity contribution in [2.24, 2.45) is 0 Å². The topological polar surface area (TPSA) is 58.6 Å². The van der Waals surface area contributed by atoms with Gasteiger partial charge in [0.25, 0.3) is 0 Å². The first-order chi connectivity index (χ1) is 7.31. The number of rotatable bonds is 9. The lowest BCUT2D eigenvalue weighted by molar-refractivity contribution is 0.0878. The molecule has 90 valence electrons. The Bertz CT molecular complexity index is 151. The van der Waals surface area contributed by atoms with Crippen molar-refractivity contribution in [3.8, 4) is 0 Å². The monoisotopic (exact) mass is 217 g/mol. The van der Waals surface area contributed by atoms with E-state index in [1.165, 1.54) is 44.0 Å². The summed E-state index contributed by atoms with van der Waals surface area (Å²) in [6.45, 7) is 2.60. The van der Waals surface area contributed by atoms with Crippen LogP contribution in [0.25, 0.3) is 0 Å². The summed E-state index contributed by atoms with van der Waals surface area (Å²) in [7, 11) is 0. The van der Waals surface area contributed by atoms with Crippen LogP contribution in [0.2, 0.25) is 0 Å². The zero-order chi connectivity index (χ0) is 11.4. The molecule has 1 amide bonds. The van der Waals surface area contributed by atoms with Gasteiger partial charge >= 0.3 is 6.09 Å². The summed E-state index contributed by atoms with van der Waals surface area (Å²) >= 11 is 0. The van der Waals surface area contributed by atoms with Crippen molar-refractivity contribution < 1.29 is 14.7 Å². The number of amides is 1. The summed E-state index contributed by atoms with van der Waals surface area (Å²) in [5, 5.41) is 8.13. The molecule has 0 aromatic heterocycles. The van der Waals surface area contributed by atoms with Crippen LogP contribution in [0.3, 0.4) is 0 Å². The third-order valence-electron chi connectivity index (χ3n) is 2.32. The molecule has 0 atom stereocenters. The standard InChI is InChI=1S/C11H23NO3/c1-2-3-4-5-6-7-8-9-10-15-11(13)12-14/h14H,2-10H2,1H3,(H,12,13). The van der Waals surface area contributed by atoms with Crippen molar-refractivity contribution in [2.45, 2.75) is 58.3 Å². The van der Waals surface area contributed by atoms with Crippen LogP contribution in [0.5, 0.6) is 0 Å². The highest BCUT2D eigenvalue weighted by Crippen LogP contribution is 2.08. The summed E-state index contributed by atoms with van der Waals surface area (Å²) in [6.07, 6.45) is 8.93. The van der Waals surface area contributed by atoms with Gasteiger partial charge in [-0.05, 0) is 6.42 Å². The van der Waals surface area contributed by atoms with E-state index >= 15 is 0 Å². The minimum atomic E-state index is -0.766. The van der Waals surface area contributed by atoms with Gasteiger partial charge in [-0.1, -0.05) is 51.9 Å². The Morgan fingerprint density at radius 1 is 1.07 bits per heavy atom. The van der Waals surface area contributed by atoms with Gasteiger partial charge in [-0.25, -0.2) is 10.3 Å². The average molecular weight is 217 g/mol. The fourth-order valence-corrected chi connectivity index (χ4v) is 1.43. The van der Waals surface area contributed by atoms with Gasteiger partial charge in [-0.2, -0.15) is 0 Å². The van der Waals surface area contributed by atoms with Gasteiger partial charge in [-0.3, -0.25) is 5.21 Å². The highest BCUT2D eigenvalue weighted by Gasteiger charge is 1.97. The SMILES string of the molecule is CCCCCCCCCCOC(=O)NO. The summed E-state index contributed by atoms with van der Waals surface area (Å²) in [6, 6.07) is 0. The number of hydrogen-bond acceptors (Lipinski definition) is 3. The molecule has 2 N–H and O–H groups in total. The van der Waals surface area contributed by atoms with Crippen LogP contribution in [0, 0.1) is 0 Å². The van der Waals surface area contributed by atoms with E-state index in [0.29, 0.717) is 6.61 Å². The molecule has 0 radical (unpaired) electrons. The second-order valence-electron chi connectivity index (χ2n) is 3.72. The first-order valence-electron chi connectivity index (χ1n) is 5.88. The Morgan fingerprint density at radius 3 is 2.13 bits per heavy atom. The largest absolute Gasteiger partial charge is 0.448 e. The number of hydroxylamine groups is 1. The van der Waals surface area contributed by atoms with Crippen LogP contribution in [-0.2, 0) is 4.74 Å². The summed E-state index contributed by atoms with van der Waals surface area (Å²) in [5.74, 6) is 0. The molecule has 0 heterocycles. The van der Waals surface area contributed by atoms with E-state index in [1.54, 1.807) is 0 Å². The molecule has 0 aliphatic rings. The van der Waals surface area contributed by atoms with Crippen LogP contribution in [0.15, 0.2) is 0 Å². The number of hydrogen-bond donors (Lipinski definition) is 2. The van der Waals surface area contributed by atoms with Gasteiger partial charge in [0.15, 0.2) is 0 Å². The highest BCUT2D eigenvalue weighted by atomic mass is 16.6. The van der Waals surface area contributed by atoms with Crippen molar-refractivity contribution in [1.82, 2.24) is 5.48 Å². The number of nitrogens with one attached hydrogen (secondary N) is 1. The Kier molecular flexibility index (Phi) is 10.7. The molecule has 0 fully saturated rings. The van der Waals surface area contributed by atoms with E-state index in [0.717, 1.165) is 12.8 Å². The maximum Gasteiger partial charge on any atom is 0.431 e. The minimum absolute atomic E-state index is 0.390. The van der Waals surface area contributed by atoms with E-state index in [1.807, 2.05) is 0 Å². The Hall–Kier alpha value is -0.770. The second kappa shape index (κ2) is 11.3. The van der Waals surface area contributed by atoms with Gasteiger partial charge in [0, 0.05) is 0 Å². The molecule has 0 aliphatic heterocycles. The van der Waals surface area contributed by atoms with E-state index in [-0.39, 0.29) is 0 Å². The quantitative estimate of drug-likeness (QED) is 0.354. The zero-order valence-corrected chi connectivity index (χ0v) is 9.63. The predicted molar refractivity (Wildman–Crippen MR) is 58.9 cm³/mol. The van der Waals surface area contributed by atoms with Crippen molar-refractivity contribution in [3.63, 3.8) is 0 Å². The van der Waals surface area contributed by atoms with Gasteiger partial charge in [0.2, 0.25) is 0 Å². The average Bonchev–Trinajstić information content (AvgIpc) is 2.26. The number of unbranched alkanes of at least 4 members (excludes halogenated alkanes) is 7. The molecule has 0 aromatic carbocycles. The molecule has 4 heteroatoms. The van der Waals surface area contributed by atoms with Crippen molar-refractivity contribution in [2.75, 3.05) is 6.61 Å². The fourth-order valence-electron chi connectivity index (χ4n) is 1.43. The predicted octanol–water partition coefficient (Wildman–Crippen LogP) is 3.24. The zero-order valence-electron chi connectivity index (χ0n) is 9.63. The number of carbonyl (C=O) groups is 1. The Morgan fingerprint density at radius 2 is 1.60 bits per heavy atom. The number of ether oxygens (including phenoxy) is 1. The minimum Gasteiger partial charge on any atom is -0.448 e. The Balaban J connectivity index is 2.95. The van der Waals surface area contributed by atoms with Crippen molar-refractivity contribution in [3.05, 3.63) is 0 Å². The molecular formula is C11H23NO3. The Labute approximate surface area is 92.0 Å². The van der Waals surface area contributed by atoms with Crippen LogP contribution < -0.4 is 5.48 Å². The maximum atomic E-state index is 10.4. The smallest absolute Gasteiger partial charge is 0.431 e. The van der Waals surface area contributed by atoms with Gasteiger partial charge < -0.3 is 4.74 Å². The van der Waals surface area contributed by atoms with Gasteiger partial charge in [0.1, 0.15) is 0 Å². The fraction of sp³-hybridized carbons (Fsp3) is 0.909.